The highest BCUT2D eigenvalue weighted by atomic mass is 79.9. The molecular formula is C19H24BrNO5S. The lowest BCUT2D eigenvalue weighted by Gasteiger charge is -2.05. The molecule has 148 valence electrons. The molecule has 0 spiro atoms. The highest BCUT2D eigenvalue weighted by molar-refractivity contribution is 9.10. The lowest BCUT2D eigenvalue weighted by molar-refractivity contribution is -0.145. The third-order valence-electron chi connectivity index (χ3n) is 3.41. The lowest BCUT2D eigenvalue weighted by Crippen LogP contribution is -2.05. The Morgan fingerprint density at radius 1 is 1.04 bits per heavy atom. The smallest absolute Gasteiger partial charge is 0.306 e. The first-order chi connectivity index (χ1) is 12.8. The quantitative estimate of drug-likeness (QED) is 0.353. The van der Waals surface area contributed by atoms with E-state index in [1.807, 2.05) is 24.3 Å². The van der Waals surface area contributed by atoms with E-state index in [9.17, 15) is 13.2 Å². The summed E-state index contributed by atoms with van der Waals surface area (Å²) in [5.41, 5.74) is 6.37. The highest BCUT2D eigenvalue weighted by Crippen LogP contribution is 2.13. The van der Waals surface area contributed by atoms with E-state index >= 15 is 0 Å². The van der Waals surface area contributed by atoms with E-state index in [0.29, 0.717) is 19.6 Å². The second-order valence-electron chi connectivity index (χ2n) is 5.68. The van der Waals surface area contributed by atoms with Gasteiger partial charge in [-0.1, -0.05) is 52.7 Å². The molecule has 27 heavy (non-hydrogen) atoms. The van der Waals surface area contributed by atoms with Crippen molar-refractivity contribution in [1.29, 1.82) is 0 Å². The van der Waals surface area contributed by atoms with Crippen LogP contribution in [0, 0.1) is 0 Å². The van der Waals surface area contributed by atoms with Crippen LogP contribution in [0.4, 0.5) is 0 Å². The summed E-state index contributed by atoms with van der Waals surface area (Å²) in [5, 5.41) is 0. The Bertz CT molecular complexity index is 797. The lowest BCUT2D eigenvalue weighted by atomic mass is 10.2. The van der Waals surface area contributed by atoms with Crippen molar-refractivity contribution in [2.75, 3.05) is 6.54 Å². The molecule has 0 unspecified atom stereocenters. The monoisotopic (exact) mass is 457 g/mol. The minimum atomic E-state index is -4.00. The maximum absolute atomic E-state index is 11.4. The first-order valence-electron chi connectivity index (χ1n) is 8.45. The van der Waals surface area contributed by atoms with Crippen LogP contribution in [-0.4, -0.2) is 25.5 Å². The van der Waals surface area contributed by atoms with Crippen LogP contribution in [0.3, 0.4) is 0 Å². The summed E-state index contributed by atoms with van der Waals surface area (Å²) in [5.74, 6) is -0.137. The summed E-state index contributed by atoms with van der Waals surface area (Å²) in [7, 11) is -4.00. The van der Waals surface area contributed by atoms with Crippen LogP contribution < -0.4 is 5.73 Å². The average Bonchev–Trinajstić information content (AvgIpc) is 2.64. The van der Waals surface area contributed by atoms with E-state index < -0.39 is 10.1 Å². The zero-order valence-corrected chi connectivity index (χ0v) is 17.3. The molecule has 2 aromatic rings. The Morgan fingerprint density at radius 2 is 1.74 bits per heavy atom. The molecule has 0 fully saturated rings. The molecule has 0 aliphatic rings. The molecule has 0 atom stereocenters. The molecule has 0 amide bonds. The van der Waals surface area contributed by atoms with Gasteiger partial charge in [0.25, 0.3) is 10.1 Å². The zero-order chi connectivity index (χ0) is 20.1. The molecular weight excluding hydrogens is 434 g/mol. The van der Waals surface area contributed by atoms with Gasteiger partial charge in [-0.25, -0.2) is 0 Å². The standard InChI is InChI=1S/C13H18BrNO2.C6H6O3S/c14-12-6-4-5-11(9-12)10-17-13(16)7-2-1-3-8-15;7-10(8,9)6-4-2-1-3-5-6/h4-6,9H,1-3,7-8,10,15H2;1-5H,(H,7,8,9). The fraction of sp³-hybridized carbons (Fsp3) is 0.316. The second-order valence-corrected chi connectivity index (χ2v) is 8.02. The predicted molar refractivity (Wildman–Crippen MR) is 108 cm³/mol. The molecule has 2 rings (SSSR count). The minimum absolute atomic E-state index is 0.0741. The van der Waals surface area contributed by atoms with Gasteiger partial charge in [0.05, 0.1) is 4.90 Å². The van der Waals surface area contributed by atoms with Gasteiger partial charge in [-0.2, -0.15) is 8.42 Å². The van der Waals surface area contributed by atoms with Crippen LogP contribution in [-0.2, 0) is 26.3 Å². The molecule has 3 N–H and O–H groups in total. The van der Waals surface area contributed by atoms with Crippen LogP contribution in [0.15, 0.2) is 64.0 Å². The fourth-order valence-electron chi connectivity index (χ4n) is 2.05. The van der Waals surface area contributed by atoms with Gasteiger partial charge < -0.3 is 10.5 Å². The number of esters is 1. The van der Waals surface area contributed by atoms with Gasteiger partial charge in [0.1, 0.15) is 6.61 Å². The van der Waals surface area contributed by atoms with Gasteiger partial charge in [-0.15, -0.1) is 0 Å². The number of rotatable bonds is 8. The third kappa shape index (κ3) is 10.9. The largest absolute Gasteiger partial charge is 0.461 e. The van der Waals surface area contributed by atoms with E-state index in [0.717, 1.165) is 29.3 Å². The van der Waals surface area contributed by atoms with E-state index in [4.69, 9.17) is 15.0 Å². The van der Waals surface area contributed by atoms with Gasteiger partial charge in [0.15, 0.2) is 0 Å². The van der Waals surface area contributed by atoms with Crippen molar-refractivity contribution >= 4 is 32.0 Å². The zero-order valence-electron chi connectivity index (χ0n) is 14.9. The Kier molecular flexibility index (Phi) is 10.9. The SMILES string of the molecule is NCCCCCC(=O)OCc1cccc(Br)c1.O=S(=O)(O)c1ccccc1. The van der Waals surface area contributed by atoms with Crippen LogP contribution in [0.25, 0.3) is 0 Å². The van der Waals surface area contributed by atoms with Crippen molar-refractivity contribution in [1.82, 2.24) is 0 Å². The first kappa shape index (κ1) is 23.3. The molecule has 2 aromatic carbocycles. The number of carbonyl (C=O) groups excluding carboxylic acids is 1. The summed E-state index contributed by atoms with van der Waals surface area (Å²) in [6.45, 7) is 1.03. The van der Waals surface area contributed by atoms with Crippen molar-refractivity contribution in [3.8, 4) is 0 Å². The molecule has 0 heterocycles. The predicted octanol–water partition coefficient (Wildman–Crippen LogP) is 3.94. The number of unbranched alkanes of at least 4 members (excludes halogenated alkanes) is 2. The molecule has 0 saturated carbocycles. The number of hydrogen-bond acceptors (Lipinski definition) is 5. The first-order valence-corrected chi connectivity index (χ1v) is 10.7. The molecule has 0 radical (unpaired) electrons. The minimum Gasteiger partial charge on any atom is -0.461 e. The number of hydrogen-bond donors (Lipinski definition) is 2. The molecule has 0 aromatic heterocycles. The van der Waals surface area contributed by atoms with Crippen molar-refractivity contribution in [2.45, 2.75) is 37.2 Å². The summed E-state index contributed by atoms with van der Waals surface area (Å²) in [4.78, 5) is 11.3. The molecule has 0 aliphatic carbocycles. The summed E-state index contributed by atoms with van der Waals surface area (Å²) >= 11 is 3.38. The highest BCUT2D eigenvalue weighted by Gasteiger charge is 2.06. The van der Waals surface area contributed by atoms with Crippen molar-refractivity contribution < 1.29 is 22.5 Å². The molecule has 0 bridgehead atoms. The maximum atomic E-state index is 11.4. The molecule has 0 saturated heterocycles. The van der Waals surface area contributed by atoms with E-state index in [1.54, 1.807) is 18.2 Å². The van der Waals surface area contributed by atoms with Crippen LogP contribution in [0.1, 0.15) is 31.2 Å². The molecule has 8 heteroatoms. The van der Waals surface area contributed by atoms with E-state index in [2.05, 4.69) is 15.9 Å². The number of carbonyl (C=O) groups is 1. The van der Waals surface area contributed by atoms with Crippen molar-refractivity contribution in [2.24, 2.45) is 5.73 Å². The number of benzene rings is 2. The van der Waals surface area contributed by atoms with E-state index in [1.165, 1.54) is 12.1 Å². The average molecular weight is 458 g/mol. The van der Waals surface area contributed by atoms with Gasteiger partial charge >= 0.3 is 5.97 Å². The van der Waals surface area contributed by atoms with Gasteiger partial charge in [-0.05, 0) is 49.2 Å². The second kappa shape index (κ2) is 12.6. The van der Waals surface area contributed by atoms with Crippen LogP contribution >= 0.6 is 15.9 Å². The molecule has 0 aliphatic heterocycles. The van der Waals surface area contributed by atoms with Crippen molar-refractivity contribution in [3.05, 3.63) is 64.6 Å². The Morgan fingerprint density at radius 3 is 2.30 bits per heavy atom. The number of ether oxygens (including phenoxy) is 1. The topological polar surface area (TPSA) is 107 Å². The Hall–Kier alpha value is -1.74. The number of nitrogens with two attached hydrogens (primary N) is 1. The normalized spacial score (nSPS) is 10.6. The van der Waals surface area contributed by atoms with Gasteiger partial charge in [-0.3, -0.25) is 9.35 Å². The Labute approximate surface area is 168 Å². The summed E-state index contributed by atoms with van der Waals surface area (Å²) < 4.78 is 35.4. The van der Waals surface area contributed by atoms with Crippen LogP contribution in [0.2, 0.25) is 0 Å². The molecule has 6 nitrogen and oxygen atoms in total. The number of halogens is 1. The summed E-state index contributed by atoms with van der Waals surface area (Å²) in [6.07, 6.45) is 3.30. The van der Waals surface area contributed by atoms with Gasteiger partial charge in [0, 0.05) is 10.9 Å². The Balaban J connectivity index is 0.000000309. The van der Waals surface area contributed by atoms with E-state index in [-0.39, 0.29) is 10.9 Å². The third-order valence-corrected chi connectivity index (χ3v) is 4.78. The fourth-order valence-corrected chi connectivity index (χ4v) is 2.99. The van der Waals surface area contributed by atoms with Gasteiger partial charge in [0.2, 0.25) is 0 Å². The van der Waals surface area contributed by atoms with Crippen molar-refractivity contribution in [3.63, 3.8) is 0 Å². The summed E-state index contributed by atoms with van der Waals surface area (Å²) in [6, 6.07) is 15.2. The maximum Gasteiger partial charge on any atom is 0.306 e. The van der Waals surface area contributed by atoms with Crippen LogP contribution in [0.5, 0.6) is 0 Å².